The second-order valence-electron chi connectivity index (χ2n) is 8.62. The van der Waals surface area contributed by atoms with Gasteiger partial charge in [0, 0.05) is 60.6 Å². The maximum atomic E-state index is 5.91. The van der Waals surface area contributed by atoms with E-state index in [0.717, 1.165) is 49.1 Å². The Morgan fingerprint density at radius 2 is 1.60 bits per heavy atom. The third-order valence-corrected chi connectivity index (χ3v) is 6.94. The molecule has 0 unspecified atom stereocenters. The van der Waals surface area contributed by atoms with E-state index in [9.17, 15) is 0 Å². The van der Waals surface area contributed by atoms with Gasteiger partial charge in [-0.15, -0.1) is 0 Å². The molecule has 0 spiro atoms. The Hall–Kier alpha value is -3.75. The van der Waals surface area contributed by atoms with E-state index in [4.69, 9.17) is 17.0 Å². The molecule has 2 aliphatic heterocycles. The highest BCUT2D eigenvalue weighted by molar-refractivity contribution is 7.80. The Balaban J connectivity index is 1.41. The van der Waals surface area contributed by atoms with Crippen LogP contribution in [0, 0.1) is 0 Å². The van der Waals surface area contributed by atoms with Crippen molar-refractivity contribution < 1.29 is 4.74 Å². The second-order valence-corrected chi connectivity index (χ2v) is 9.01. The molecule has 0 saturated carbocycles. The Morgan fingerprint density at radius 3 is 2.34 bits per heavy atom. The number of morpholine rings is 1. The summed E-state index contributed by atoms with van der Waals surface area (Å²) in [6.07, 6.45) is 7.55. The molecule has 2 saturated heterocycles. The number of pyridine rings is 2. The summed E-state index contributed by atoms with van der Waals surface area (Å²) in [5, 5.41) is 4.24. The molecule has 2 fully saturated rings. The summed E-state index contributed by atoms with van der Waals surface area (Å²) >= 11 is 5.91. The topological polar surface area (TPSA) is 58.5 Å². The molecule has 7 nitrogen and oxygen atoms in total. The summed E-state index contributed by atoms with van der Waals surface area (Å²) in [5.74, 6) is 0. The SMILES string of the molecule is S=C1N[C@H](c2ccccn2)[C@@H](c2cccn2-c2ccncc2)N1c1ccc(N2CCOCC2)cc1. The van der Waals surface area contributed by atoms with Gasteiger partial charge in [-0.25, -0.2) is 0 Å². The second kappa shape index (κ2) is 9.48. The summed E-state index contributed by atoms with van der Waals surface area (Å²) in [6.45, 7) is 3.35. The number of nitrogens with zero attached hydrogens (tertiary/aromatic N) is 5. The minimum atomic E-state index is -0.0990. The standard InChI is InChI=1S/C27H26N6OS/c35-27-30-25(23-4-1-2-12-29-23)26(24-5-3-15-32(24)21-10-13-28-14-11-21)33(27)22-8-6-20(7-9-22)31-16-18-34-19-17-31/h1-15,25-26H,16-19H2,(H,30,35)/t25-,26-/m1/s1. The molecule has 35 heavy (non-hydrogen) atoms. The molecule has 176 valence electrons. The zero-order valence-electron chi connectivity index (χ0n) is 19.2. The van der Waals surface area contributed by atoms with Gasteiger partial charge in [-0.2, -0.15) is 0 Å². The van der Waals surface area contributed by atoms with E-state index >= 15 is 0 Å². The summed E-state index contributed by atoms with van der Waals surface area (Å²) in [4.78, 5) is 13.4. The van der Waals surface area contributed by atoms with Crippen LogP contribution in [0.25, 0.3) is 5.69 Å². The summed E-state index contributed by atoms with van der Waals surface area (Å²) in [6, 6.07) is 22.8. The molecular formula is C27H26N6OS. The van der Waals surface area contributed by atoms with E-state index < -0.39 is 0 Å². The van der Waals surface area contributed by atoms with Crippen molar-refractivity contribution in [3.8, 4) is 5.69 Å². The summed E-state index contributed by atoms with van der Waals surface area (Å²) < 4.78 is 7.71. The van der Waals surface area contributed by atoms with E-state index in [2.05, 4.69) is 78.3 Å². The van der Waals surface area contributed by atoms with Gasteiger partial charge in [-0.3, -0.25) is 9.97 Å². The predicted octanol–water partition coefficient (Wildman–Crippen LogP) is 4.28. The van der Waals surface area contributed by atoms with Gasteiger partial charge in [0.05, 0.1) is 24.9 Å². The van der Waals surface area contributed by atoms with Crippen LogP contribution in [-0.2, 0) is 4.74 Å². The average Bonchev–Trinajstić information content (AvgIpc) is 3.55. The Morgan fingerprint density at radius 1 is 0.829 bits per heavy atom. The third-order valence-electron chi connectivity index (χ3n) is 6.63. The van der Waals surface area contributed by atoms with Crippen molar-refractivity contribution in [1.29, 1.82) is 0 Å². The minimum absolute atomic E-state index is 0.0881. The lowest BCUT2D eigenvalue weighted by atomic mass is 10.0. The van der Waals surface area contributed by atoms with Crippen LogP contribution in [0.2, 0.25) is 0 Å². The summed E-state index contributed by atoms with van der Waals surface area (Å²) in [7, 11) is 0. The highest BCUT2D eigenvalue weighted by Crippen LogP contribution is 2.42. The van der Waals surface area contributed by atoms with Crippen molar-refractivity contribution in [2.75, 3.05) is 36.1 Å². The van der Waals surface area contributed by atoms with E-state index in [0.29, 0.717) is 5.11 Å². The van der Waals surface area contributed by atoms with Crippen LogP contribution in [0.3, 0.4) is 0 Å². The van der Waals surface area contributed by atoms with Crippen LogP contribution in [-0.4, -0.2) is 46.0 Å². The molecular weight excluding hydrogens is 456 g/mol. The third kappa shape index (κ3) is 4.15. The first-order chi connectivity index (χ1) is 17.3. The lowest BCUT2D eigenvalue weighted by Crippen LogP contribution is -2.36. The van der Waals surface area contributed by atoms with E-state index in [1.807, 2.05) is 42.9 Å². The lowest BCUT2D eigenvalue weighted by molar-refractivity contribution is 0.122. The van der Waals surface area contributed by atoms with E-state index in [-0.39, 0.29) is 12.1 Å². The zero-order chi connectivity index (χ0) is 23.6. The van der Waals surface area contributed by atoms with Gasteiger partial charge >= 0.3 is 0 Å². The molecule has 0 aliphatic carbocycles. The Bertz CT molecular complexity index is 1290. The van der Waals surface area contributed by atoms with Gasteiger partial charge < -0.3 is 24.4 Å². The molecule has 5 heterocycles. The minimum Gasteiger partial charge on any atom is -0.378 e. The van der Waals surface area contributed by atoms with Gasteiger partial charge in [0.2, 0.25) is 0 Å². The van der Waals surface area contributed by atoms with Gasteiger partial charge in [0.25, 0.3) is 0 Å². The van der Waals surface area contributed by atoms with Crippen LogP contribution < -0.4 is 15.1 Å². The number of ether oxygens (including phenoxy) is 1. The van der Waals surface area contributed by atoms with E-state index in [1.54, 1.807) is 0 Å². The van der Waals surface area contributed by atoms with Crippen molar-refractivity contribution in [1.82, 2.24) is 19.9 Å². The maximum absolute atomic E-state index is 5.91. The largest absolute Gasteiger partial charge is 0.378 e. The number of aromatic nitrogens is 3. The van der Waals surface area contributed by atoms with Gasteiger partial charge in [-0.1, -0.05) is 6.07 Å². The molecule has 1 N–H and O–H groups in total. The normalized spacial score (nSPS) is 20.2. The average molecular weight is 483 g/mol. The van der Waals surface area contributed by atoms with Gasteiger partial charge in [0.15, 0.2) is 5.11 Å². The van der Waals surface area contributed by atoms with Crippen molar-refractivity contribution >= 4 is 28.7 Å². The monoisotopic (exact) mass is 482 g/mol. The first kappa shape index (κ1) is 21.8. The molecule has 0 amide bonds. The Labute approximate surface area is 210 Å². The molecule has 2 aliphatic rings. The number of nitrogens with one attached hydrogen (secondary N) is 1. The molecule has 4 aromatic rings. The predicted molar refractivity (Wildman–Crippen MR) is 141 cm³/mol. The highest BCUT2D eigenvalue weighted by atomic mass is 32.1. The smallest absolute Gasteiger partial charge is 0.174 e. The summed E-state index contributed by atoms with van der Waals surface area (Å²) in [5.41, 5.74) is 5.38. The van der Waals surface area contributed by atoms with Gasteiger partial charge in [0.1, 0.15) is 6.04 Å². The Kier molecular flexibility index (Phi) is 5.89. The molecule has 3 aromatic heterocycles. The van der Waals surface area contributed by atoms with Crippen LogP contribution >= 0.6 is 12.2 Å². The van der Waals surface area contributed by atoms with Crippen LogP contribution in [0.15, 0.2) is 91.5 Å². The first-order valence-corrected chi connectivity index (χ1v) is 12.2. The van der Waals surface area contributed by atoms with Crippen molar-refractivity contribution in [3.05, 3.63) is 103 Å². The molecule has 6 rings (SSSR count). The molecule has 1 aromatic carbocycles. The maximum Gasteiger partial charge on any atom is 0.174 e. The van der Waals surface area contributed by atoms with Crippen molar-refractivity contribution in [2.24, 2.45) is 0 Å². The highest BCUT2D eigenvalue weighted by Gasteiger charge is 2.42. The fraction of sp³-hybridized carbons (Fsp3) is 0.222. The fourth-order valence-corrected chi connectivity index (χ4v) is 5.30. The van der Waals surface area contributed by atoms with Crippen LogP contribution in [0.4, 0.5) is 11.4 Å². The molecule has 0 radical (unpaired) electrons. The number of rotatable bonds is 5. The zero-order valence-corrected chi connectivity index (χ0v) is 20.0. The fourth-order valence-electron chi connectivity index (χ4n) is 4.95. The molecule has 2 atom stereocenters. The van der Waals surface area contributed by atoms with E-state index in [1.165, 1.54) is 5.69 Å². The quantitative estimate of drug-likeness (QED) is 0.426. The first-order valence-electron chi connectivity index (χ1n) is 11.8. The number of benzene rings is 1. The number of hydrogen-bond acceptors (Lipinski definition) is 5. The number of hydrogen-bond donors (Lipinski definition) is 1. The van der Waals surface area contributed by atoms with Gasteiger partial charge in [-0.05, 0) is 72.9 Å². The number of thiocarbonyl (C=S) groups is 1. The van der Waals surface area contributed by atoms with Crippen molar-refractivity contribution in [3.63, 3.8) is 0 Å². The number of anilines is 2. The lowest BCUT2D eigenvalue weighted by Gasteiger charge is -2.31. The van der Waals surface area contributed by atoms with Crippen molar-refractivity contribution in [2.45, 2.75) is 12.1 Å². The molecule has 0 bridgehead atoms. The van der Waals surface area contributed by atoms with Crippen LogP contribution in [0.1, 0.15) is 23.5 Å². The van der Waals surface area contributed by atoms with Crippen LogP contribution in [0.5, 0.6) is 0 Å². The molecule has 8 heteroatoms.